The monoisotopic (exact) mass is 335 g/mol. The molecule has 4 rings (SSSR count). The fourth-order valence-electron chi connectivity index (χ4n) is 3.29. The van der Waals surface area contributed by atoms with E-state index in [4.69, 9.17) is 4.98 Å². The Morgan fingerprint density at radius 3 is 2.36 bits per heavy atom. The molecule has 0 bridgehead atoms. The van der Waals surface area contributed by atoms with Crippen molar-refractivity contribution in [3.63, 3.8) is 0 Å². The fourth-order valence-corrected chi connectivity index (χ4v) is 3.29. The minimum atomic E-state index is 0.778. The molecule has 0 aliphatic carbocycles. The Morgan fingerprint density at radius 2 is 1.60 bits per heavy atom. The lowest BCUT2D eigenvalue weighted by Gasteiger charge is -2.37. The first-order chi connectivity index (χ1) is 12.1. The van der Waals surface area contributed by atoms with Gasteiger partial charge in [-0.2, -0.15) is 0 Å². The maximum atomic E-state index is 4.70. The van der Waals surface area contributed by atoms with Crippen molar-refractivity contribution in [1.29, 1.82) is 0 Å². The zero-order valence-electron chi connectivity index (χ0n) is 14.8. The van der Waals surface area contributed by atoms with Crippen molar-refractivity contribution in [2.75, 3.05) is 36.0 Å². The van der Waals surface area contributed by atoms with Crippen molar-refractivity contribution < 1.29 is 0 Å². The molecule has 0 amide bonds. The average Bonchev–Trinajstić information content (AvgIpc) is 2.63. The van der Waals surface area contributed by atoms with Gasteiger partial charge in [-0.15, -0.1) is 0 Å². The topological polar surface area (TPSA) is 70.9 Å². The molecule has 1 fully saturated rings. The Bertz CT molecular complexity index is 916. The molecule has 0 aromatic carbocycles. The summed E-state index contributed by atoms with van der Waals surface area (Å²) in [6.07, 6.45) is 5.25. The molecule has 1 aliphatic rings. The normalized spacial score (nSPS) is 15.0. The highest BCUT2D eigenvalue weighted by molar-refractivity contribution is 5.88. The number of fused-ring (bicyclic) bond motifs is 1. The predicted molar refractivity (Wildman–Crippen MR) is 98.0 cm³/mol. The molecule has 1 aliphatic heterocycles. The van der Waals surface area contributed by atoms with Gasteiger partial charge in [0.2, 0.25) is 0 Å². The van der Waals surface area contributed by atoms with Crippen LogP contribution in [-0.4, -0.2) is 51.1 Å². The van der Waals surface area contributed by atoms with Crippen LogP contribution in [0.5, 0.6) is 0 Å². The van der Waals surface area contributed by atoms with Crippen LogP contribution in [-0.2, 0) is 0 Å². The highest BCUT2D eigenvalue weighted by Crippen LogP contribution is 2.26. The Morgan fingerprint density at radius 1 is 0.880 bits per heavy atom. The third-order valence-corrected chi connectivity index (χ3v) is 4.78. The van der Waals surface area contributed by atoms with Crippen molar-refractivity contribution in [1.82, 2.24) is 24.9 Å². The first-order valence-electron chi connectivity index (χ1n) is 8.50. The van der Waals surface area contributed by atoms with Crippen molar-refractivity contribution in [3.05, 3.63) is 41.9 Å². The molecule has 0 saturated carbocycles. The molecule has 4 heterocycles. The number of aromatic nitrogens is 5. The summed E-state index contributed by atoms with van der Waals surface area (Å²) >= 11 is 0. The summed E-state index contributed by atoms with van der Waals surface area (Å²) < 4.78 is 0. The van der Waals surface area contributed by atoms with E-state index < -0.39 is 0 Å². The van der Waals surface area contributed by atoms with Gasteiger partial charge >= 0.3 is 0 Å². The lowest BCUT2D eigenvalue weighted by molar-refractivity contribution is 0.639. The molecule has 0 unspecified atom stereocenters. The number of aryl methyl sites for hydroxylation is 2. The second-order valence-corrected chi connectivity index (χ2v) is 6.37. The molecule has 0 radical (unpaired) electrons. The molecule has 1 saturated heterocycles. The van der Waals surface area contributed by atoms with Gasteiger partial charge in [0.25, 0.3) is 0 Å². The van der Waals surface area contributed by atoms with E-state index in [2.05, 4.69) is 36.7 Å². The Hall–Kier alpha value is -2.83. The Kier molecular flexibility index (Phi) is 3.91. The molecule has 3 aromatic rings. The first-order valence-corrected chi connectivity index (χ1v) is 8.50. The third kappa shape index (κ3) is 2.86. The molecule has 0 spiro atoms. The van der Waals surface area contributed by atoms with Gasteiger partial charge in [-0.05, 0) is 26.8 Å². The molecule has 0 N–H and O–H groups in total. The van der Waals surface area contributed by atoms with Crippen LogP contribution in [0.3, 0.4) is 0 Å². The van der Waals surface area contributed by atoms with Gasteiger partial charge in [0.1, 0.15) is 23.8 Å². The zero-order valence-corrected chi connectivity index (χ0v) is 14.8. The number of rotatable bonds is 2. The van der Waals surface area contributed by atoms with E-state index in [1.54, 1.807) is 18.7 Å². The molecule has 3 aromatic heterocycles. The van der Waals surface area contributed by atoms with E-state index in [-0.39, 0.29) is 0 Å². The quantitative estimate of drug-likeness (QED) is 0.710. The summed E-state index contributed by atoms with van der Waals surface area (Å²) in [5.74, 6) is 2.82. The number of nitrogens with zero attached hydrogens (tertiary/aromatic N) is 7. The summed E-state index contributed by atoms with van der Waals surface area (Å²) in [5.41, 5.74) is 3.09. The predicted octanol–water partition coefficient (Wildman–Crippen LogP) is 2.07. The maximum absolute atomic E-state index is 4.70. The van der Waals surface area contributed by atoms with E-state index in [1.165, 1.54) is 0 Å². The second kappa shape index (κ2) is 6.23. The summed E-state index contributed by atoms with van der Waals surface area (Å²) in [6.45, 7) is 9.66. The number of piperazine rings is 1. The van der Waals surface area contributed by atoms with Crippen molar-refractivity contribution in [2.45, 2.75) is 20.8 Å². The standard InChI is InChI=1S/C18H21N7/c1-12-13(2)20-11-21-17(12)24-6-8-25(9-7-24)18-15-4-5-19-10-16(15)22-14(3)23-18/h4-5,10-11H,6-9H2,1-3H3. The van der Waals surface area contributed by atoms with Crippen LogP contribution in [0.2, 0.25) is 0 Å². The summed E-state index contributed by atoms with van der Waals surface area (Å²) in [5, 5.41) is 1.06. The smallest absolute Gasteiger partial charge is 0.140 e. The van der Waals surface area contributed by atoms with Crippen molar-refractivity contribution in [2.24, 2.45) is 0 Å². The molecule has 0 atom stereocenters. The van der Waals surface area contributed by atoms with E-state index in [0.29, 0.717) is 0 Å². The number of hydrogen-bond acceptors (Lipinski definition) is 7. The fraction of sp³-hybridized carbons (Fsp3) is 0.389. The number of pyridine rings is 1. The van der Waals surface area contributed by atoms with Crippen LogP contribution >= 0.6 is 0 Å². The molecule has 7 heteroatoms. The lowest BCUT2D eigenvalue weighted by Crippen LogP contribution is -2.47. The summed E-state index contributed by atoms with van der Waals surface area (Å²) in [7, 11) is 0. The zero-order chi connectivity index (χ0) is 17.4. The molecule has 7 nitrogen and oxygen atoms in total. The largest absolute Gasteiger partial charge is 0.353 e. The minimum Gasteiger partial charge on any atom is -0.353 e. The van der Waals surface area contributed by atoms with Gasteiger partial charge in [0.05, 0.1) is 11.7 Å². The van der Waals surface area contributed by atoms with Gasteiger partial charge < -0.3 is 9.80 Å². The molecule has 25 heavy (non-hydrogen) atoms. The summed E-state index contributed by atoms with van der Waals surface area (Å²) in [4.78, 5) is 26.8. The van der Waals surface area contributed by atoms with Gasteiger partial charge in [-0.3, -0.25) is 4.98 Å². The highest BCUT2D eigenvalue weighted by atomic mass is 15.3. The van der Waals surface area contributed by atoms with Gasteiger partial charge in [-0.1, -0.05) is 0 Å². The summed E-state index contributed by atoms with van der Waals surface area (Å²) in [6, 6.07) is 1.99. The minimum absolute atomic E-state index is 0.778. The van der Waals surface area contributed by atoms with Crippen LogP contribution in [0.15, 0.2) is 24.8 Å². The Labute approximate surface area is 146 Å². The van der Waals surface area contributed by atoms with E-state index in [9.17, 15) is 0 Å². The van der Waals surface area contributed by atoms with Gasteiger partial charge in [0.15, 0.2) is 0 Å². The van der Waals surface area contributed by atoms with Gasteiger partial charge in [0, 0.05) is 49.0 Å². The molecular weight excluding hydrogens is 314 g/mol. The van der Waals surface area contributed by atoms with E-state index >= 15 is 0 Å². The van der Waals surface area contributed by atoms with Crippen LogP contribution < -0.4 is 9.80 Å². The highest BCUT2D eigenvalue weighted by Gasteiger charge is 2.22. The Balaban J connectivity index is 1.59. The van der Waals surface area contributed by atoms with Gasteiger partial charge in [-0.25, -0.2) is 19.9 Å². The van der Waals surface area contributed by atoms with Crippen LogP contribution in [0.1, 0.15) is 17.1 Å². The van der Waals surface area contributed by atoms with Crippen molar-refractivity contribution >= 4 is 22.5 Å². The number of anilines is 2. The molecule has 128 valence electrons. The van der Waals surface area contributed by atoms with Crippen LogP contribution in [0.4, 0.5) is 11.6 Å². The second-order valence-electron chi connectivity index (χ2n) is 6.37. The number of hydrogen-bond donors (Lipinski definition) is 0. The maximum Gasteiger partial charge on any atom is 0.140 e. The lowest BCUT2D eigenvalue weighted by atomic mass is 10.2. The van der Waals surface area contributed by atoms with E-state index in [1.807, 2.05) is 19.9 Å². The van der Waals surface area contributed by atoms with Crippen molar-refractivity contribution in [3.8, 4) is 0 Å². The average molecular weight is 335 g/mol. The third-order valence-electron chi connectivity index (χ3n) is 4.78. The van der Waals surface area contributed by atoms with Crippen LogP contribution in [0, 0.1) is 20.8 Å². The van der Waals surface area contributed by atoms with E-state index in [0.717, 1.165) is 65.8 Å². The first kappa shape index (κ1) is 15.7. The SMILES string of the molecule is Cc1nc(N2CCN(c3ncnc(C)c3C)CC2)c2ccncc2n1. The molecular formula is C18H21N7. The van der Waals surface area contributed by atoms with Crippen LogP contribution in [0.25, 0.3) is 10.9 Å².